The lowest BCUT2D eigenvalue weighted by Crippen LogP contribution is -2.22. The number of hydrogen-bond donors (Lipinski definition) is 0. The van der Waals surface area contributed by atoms with Gasteiger partial charge in [-0.05, 0) is 37.5 Å². The zero-order chi connectivity index (χ0) is 10.7. The number of unbranched alkanes of at least 4 members (excludes halogenated alkanes) is 1. The molecule has 2 aliphatic rings. The van der Waals surface area contributed by atoms with Gasteiger partial charge in [0.05, 0.1) is 12.5 Å². The number of fused-ring (bicyclic) bond motifs is 2. The Hall–Kier alpha value is -0.310. The Kier molecular flexibility index (Phi) is 3.84. The second kappa shape index (κ2) is 5.15. The molecular formula is C12H17BrO2. The van der Waals surface area contributed by atoms with Gasteiger partial charge in [-0.1, -0.05) is 28.1 Å². The summed E-state index contributed by atoms with van der Waals surface area (Å²) < 4.78 is 5.29. The van der Waals surface area contributed by atoms with Crippen LogP contribution in [0.25, 0.3) is 0 Å². The maximum atomic E-state index is 11.7. The molecule has 2 nitrogen and oxygen atoms in total. The van der Waals surface area contributed by atoms with Crippen molar-refractivity contribution in [3.8, 4) is 0 Å². The van der Waals surface area contributed by atoms with Gasteiger partial charge in [0.15, 0.2) is 0 Å². The van der Waals surface area contributed by atoms with Crippen LogP contribution in [0.4, 0.5) is 0 Å². The van der Waals surface area contributed by atoms with Gasteiger partial charge in [0.1, 0.15) is 0 Å². The Morgan fingerprint density at radius 3 is 2.80 bits per heavy atom. The number of ether oxygens (including phenoxy) is 1. The van der Waals surface area contributed by atoms with E-state index in [1.807, 2.05) is 0 Å². The molecule has 2 aliphatic carbocycles. The van der Waals surface area contributed by atoms with Gasteiger partial charge in [0, 0.05) is 5.33 Å². The van der Waals surface area contributed by atoms with Crippen LogP contribution in [0.15, 0.2) is 12.2 Å². The molecule has 3 heteroatoms. The van der Waals surface area contributed by atoms with Gasteiger partial charge in [-0.3, -0.25) is 4.79 Å². The van der Waals surface area contributed by atoms with Crippen LogP contribution in [0, 0.1) is 17.8 Å². The number of rotatable bonds is 5. The van der Waals surface area contributed by atoms with E-state index in [2.05, 4.69) is 28.1 Å². The molecule has 0 aliphatic heterocycles. The van der Waals surface area contributed by atoms with Gasteiger partial charge in [0.25, 0.3) is 0 Å². The molecule has 0 spiro atoms. The molecule has 0 amide bonds. The van der Waals surface area contributed by atoms with E-state index < -0.39 is 0 Å². The highest BCUT2D eigenvalue weighted by molar-refractivity contribution is 9.09. The maximum Gasteiger partial charge on any atom is 0.309 e. The molecule has 1 saturated carbocycles. The standard InChI is InChI=1S/C12H17BrO2/c13-5-1-2-6-15-12(14)11-8-9-3-4-10(11)7-9/h3-4,9-11H,1-2,5-8H2/t9-,10-,11-/m0/s1. The van der Waals surface area contributed by atoms with Crippen LogP contribution in [0.2, 0.25) is 0 Å². The first-order valence-corrected chi connectivity index (χ1v) is 6.84. The molecule has 15 heavy (non-hydrogen) atoms. The molecule has 0 aromatic rings. The van der Waals surface area contributed by atoms with Crippen molar-refractivity contribution in [2.75, 3.05) is 11.9 Å². The predicted octanol–water partition coefficient (Wildman–Crippen LogP) is 2.92. The number of allylic oxidation sites excluding steroid dienone is 2. The average Bonchev–Trinajstić information content (AvgIpc) is 2.85. The van der Waals surface area contributed by atoms with E-state index in [4.69, 9.17) is 4.74 Å². The minimum Gasteiger partial charge on any atom is -0.465 e. The van der Waals surface area contributed by atoms with Gasteiger partial charge in [-0.2, -0.15) is 0 Å². The Morgan fingerprint density at radius 1 is 1.33 bits per heavy atom. The summed E-state index contributed by atoms with van der Waals surface area (Å²) in [6, 6.07) is 0. The Labute approximate surface area is 99.2 Å². The summed E-state index contributed by atoms with van der Waals surface area (Å²) in [5.74, 6) is 1.30. The largest absolute Gasteiger partial charge is 0.465 e. The fourth-order valence-corrected chi connectivity index (χ4v) is 2.92. The first-order chi connectivity index (χ1) is 7.31. The molecule has 1 fully saturated rings. The van der Waals surface area contributed by atoms with Gasteiger partial charge in [-0.25, -0.2) is 0 Å². The topological polar surface area (TPSA) is 26.3 Å². The summed E-state index contributed by atoms with van der Waals surface area (Å²) >= 11 is 3.36. The van der Waals surface area contributed by atoms with Crippen molar-refractivity contribution in [1.29, 1.82) is 0 Å². The third-order valence-corrected chi connectivity index (χ3v) is 3.91. The van der Waals surface area contributed by atoms with Crippen molar-refractivity contribution >= 4 is 21.9 Å². The number of hydrogen-bond acceptors (Lipinski definition) is 2. The van der Waals surface area contributed by atoms with E-state index in [0.717, 1.165) is 24.6 Å². The van der Waals surface area contributed by atoms with E-state index in [1.165, 1.54) is 6.42 Å². The van der Waals surface area contributed by atoms with Crippen molar-refractivity contribution in [3.63, 3.8) is 0 Å². The summed E-state index contributed by atoms with van der Waals surface area (Å²) in [6.07, 6.45) is 8.66. The van der Waals surface area contributed by atoms with E-state index in [0.29, 0.717) is 18.4 Å². The van der Waals surface area contributed by atoms with E-state index in [1.54, 1.807) is 0 Å². The van der Waals surface area contributed by atoms with Crippen LogP contribution in [0.1, 0.15) is 25.7 Å². The molecule has 3 atom stereocenters. The summed E-state index contributed by atoms with van der Waals surface area (Å²) in [5, 5.41) is 0.988. The van der Waals surface area contributed by atoms with Crippen molar-refractivity contribution in [3.05, 3.63) is 12.2 Å². The molecule has 0 aromatic carbocycles. The predicted molar refractivity (Wildman–Crippen MR) is 62.8 cm³/mol. The number of alkyl halides is 1. The number of carbonyl (C=O) groups excluding carboxylic acids is 1. The van der Waals surface area contributed by atoms with Crippen LogP contribution in [0.3, 0.4) is 0 Å². The summed E-state index contributed by atoms with van der Waals surface area (Å²) in [7, 11) is 0. The monoisotopic (exact) mass is 272 g/mol. The highest BCUT2D eigenvalue weighted by Crippen LogP contribution is 2.43. The summed E-state index contributed by atoms with van der Waals surface area (Å²) in [4.78, 5) is 11.7. The molecule has 84 valence electrons. The lowest BCUT2D eigenvalue weighted by atomic mass is 9.94. The van der Waals surface area contributed by atoms with E-state index in [9.17, 15) is 4.79 Å². The maximum absolute atomic E-state index is 11.7. The minimum atomic E-state index is 0.0291. The number of halogens is 1. The highest BCUT2D eigenvalue weighted by Gasteiger charge is 2.40. The second-order valence-corrected chi connectivity index (χ2v) is 5.24. The van der Waals surface area contributed by atoms with Crippen LogP contribution < -0.4 is 0 Å². The van der Waals surface area contributed by atoms with Crippen molar-refractivity contribution < 1.29 is 9.53 Å². The Balaban J connectivity index is 1.70. The van der Waals surface area contributed by atoms with Crippen LogP contribution >= 0.6 is 15.9 Å². The summed E-state index contributed by atoms with van der Waals surface area (Å²) in [6.45, 7) is 0.585. The van der Waals surface area contributed by atoms with Crippen LogP contribution in [-0.2, 0) is 9.53 Å². The zero-order valence-electron chi connectivity index (χ0n) is 8.82. The Bertz CT molecular complexity index is 262. The van der Waals surface area contributed by atoms with Gasteiger partial charge in [-0.15, -0.1) is 0 Å². The molecular weight excluding hydrogens is 256 g/mol. The Morgan fingerprint density at radius 2 is 2.20 bits per heavy atom. The van der Waals surface area contributed by atoms with Crippen LogP contribution in [0.5, 0.6) is 0 Å². The third-order valence-electron chi connectivity index (χ3n) is 3.35. The molecule has 0 saturated heterocycles. The lowest BCUT2D eigenvalue weighted by Gasteiger charge is -2.16. The number of carbonyl (C=O) groups is 1. The first kappa shape index (κ1) is 11.2. The molecule has 0 unspecified atom stereocenters. The van der Waals surface area contributed by atoms with Gasteiger partial charge >= 0.3 is 5.97 Å². The van der Waals surface area contributed by atoms with Gasteiger partial charge in [0.2, 0.25) is 0 Å². The van der Waals surface area contributed by atoms with E-state index >= 15 is 0 Å². The number of esters is 1. The van der Waals surface area contributed by atoms with Crippen molar-refractivity contribution in [2.45, 2.75) is 25.7 Å². The SMILES string of the molecule is O=C(OCCCCBr)[C@H]1C[C@H]2C=C[C@H]1C2. The fraction of sp³-hybridized carbons (Fsp3) is 0.750. The van der Waals surface area contributed by atoms with Gasteiger partial charge < -0.3 is 4.74 Å². The first-order valence-electron chi connectivity index (χ1n) is 5.72. The fourth-order valence-electron chi connectivity index (χ4n) is 2.53. The van der Waals surface area contributed by atoms with Crippen molar-refractivity contribution in [2.24, 2.45) is 17.8 Å². The lowest BCUT2D eigenvalue weighted by molar-refractivity contribution is -0.149. The normalized spacial score (nSPS) is 32.2. The molecule has 0 N–H and O–H groups in total. The second-order valence-electron chi connectivity index (χ2n) is 4.45. The molecule has 0 radical (unpaired) electrons. The third kappa shape index (κ3) is 2.63. The molecule has 2 rings (SSSR count). The minimum absolute atomic E-state index is 0.0291. The molecule has 2 bridgehead atoms. The quantitative estimate of drug-likeness (QED) is 0.333. The highest BCUT2D eigenvalue weighted by atomic mass is 79.9. The smallest absolute Gasteiger partial charge is 0.309 e. The zero-order valence-corrected chi connectivity index (χ0v) is 10.4. The molecule has 0 aromatic heterocycles. The molecule has 0 heterocycles. The van der Waals surface area contributed by atoms with Crippen LogP contribution in [-0.4, -0.2) is 17.9 Å². The van der Waals surface area contributed by atoms with E-state index in [-0.39, 0.29) is 11.9 Å². The average molecular weight is 273 g/mol. The van der Waals surface area contributed by atoms with Crippen molar-refractivity contribution in [1.82, 2.24) is 0 Å². The summed E-state index contributed by atoms with van der Waals surface area (Å²) in [5.41, 5.74) is 0.